The molecule has 0 saturated heterocycles. The van der Waals surface area contributed by atoms with Gasteiger partial charge in [-0.15, -0.1) is 0 Å². The number of nitrogens with one attached hydrogen (secondary N) is 2. The lowest BCUT2D eigenvalue weighted by Gasteiger charge is -2.12. The summed E-state index contributed by atoms with van der Waals surface area (Å²) in [7, 11) is 0. The fraction of sp³-hybridized carbons (Fsp3) is 0.450. The van der Waals surface area contributed by atoms with E-state index in [0.717, 1.165) is 30.6 Å². The van der Waals surface area contributed by atoms with Gasteiger partial charge in [0.05, 0.1) is 19.4 Å². The summed E-state index contributed by atoms with van der Waals surface area (Å²) in [5.41, 5.74) is 4.68. The molecule has 2 rings (SSSR count). The van der Waals surface area contributed by atoms with Crippen molar-refractivity contribution in [2.24, 2.45) is 5.10 Å². The summed E-state index contributed by atoms with van der Waals surface area (Å²) in [6, 6.07) is 5.66. The van der Waals surface area contributed by atoms with Crippen LogP contribution < -0.4 is 20.5 Å². The Morgan fingerprint density at radius 3 is 2.70 bits per heavy atom. The van der Waals surface area contributed by atoms with Gasteiger partial charge in [0.2, 0.25) is 5.95 Å². The Morgan fingerprint density at radius 2 is 2.00 bits per heavy atom. The first-order valence-corrected chi connectivity index (χ1v) is 9.31. The monoisotopic (exact) mass is 372 g/mol. The molecular weight excluding hydrogens is 344 g/mol. The van der Waals surface area contributed by atoms with Crippen molar-refractivity contribution < 1.29 is 9.47 Å². The summed E-state index contributed by atoms with van der Waals surface area (Å²) in [4.78, 5) is 18.6. The maximum atomic E-state index is 11.8. The van der Waals surface area contributed by atoms with Gasteiger partial charge in [0.1, 0.15) is 0 Å². The third kappa shape index (κ3) is 6.13. The van der Waals surface area contributed by atoms with Gasteiger partial charge < -0.3 is 9.47 Å². The number of nitrogens with zero attached hydrogens (tertiary/aromatic N) is 2. The van der Waals surface area contributed by atoms with E-state index in [0.29, 0.717) is 36.2 Å². The van der Waals surface area contributed by atoms with Gasteiger partial charge in [0, 0.05) is 11.3 Å². The molecule has 1 heterocycles. The molecule has 7 nitrogen and oxygen atoms in total. The lowest BCUT2D eigenvalue weighted by atomic mass is 10.2. The van der Waals surface area contributed by atoms with E-state index in [1.165, 1.54) is 0 Å². The van der Waals surface area contributed by atoms with Gasteiger partial charge in [-0.25, -0.2) is 10.4 Å². The normalized spacial score (nSPS) is 11.0. The van der Waals surface area contributed by atoms with E-state index < -0.39 is 0 Å². The first-order valence-electron chi connectivity index (χ1n) is 9.31. The Labute approximate surface area is 159 Å². The van der Waals surface area contributed by atoms with Crippen molar-refractivity contribution in [3.63, 3.8) is 0 Å². The molecule has 0 bridgehead atoms. The predicted octanol–water partition coefficient (Wildman–Crippen LogP) is 3.80. The molecule has 0 aliphatic heterocycles. The van der Waals surface area contributed by atoms with Crippen molar-refractivity contribution in [1.82, 2.24) is 9.97 Å². The third-order valence-electron chi connectivity index (χ3n) is 4.05. The van der Waals surface area contributed by atoms with Gasteiger partial charge in [-0.05, 0) is 51.0 Å². The molecule has 1 aromatic heterocycles. The first-order chi connectivity index (χ1) is 13.0. The maximum Gasteiger partial charge on any atom is 0.255 e. The molecule has 0 atom stereocenters. The summed E-state index contributed by atoms with van der Waals surface area (Å²) in [6.07, 6.45) is 4.97. The van der Waals surface area contributed by atoms with E-state index in [2.05, 4.69) is 27.4 Å². The van der Waals surface area contributed by atoms with Gasteiger partial charge in [0.25, 0.3) is 5.56 Å². The van der Waals surface area contributed by atoms with Gasteiger partial charge in [-0.2, -0.15) is 5.10 Å². The number of rotatable bonds is 10. The van der Waals surface area contributed by atoms with Crippen LogP contribution in [0.15, 0.2) is 28.1 Å². The number of benzene rings is 1. The lowest BCUT2D eigenvalue weighted by molar-refractivity contribution is 0.271. The zero-order valence-electron chi connectivity index (χ0n) is 16.5. The molecule has 2 N–H and O–H groups in total. The average Bonchev–Trinajstić information content (AvgIpc) is 2.65. The number of aryl methyl sites for hydroxylation is 1. The van der Waals surface area contributed by atoms with Crippen molar-refractivity contribution in [3.05, 3.63) is 45.4 Å². The maximum absolute atomic E-state index is 11.8. The molecule has 27 heavy (non-hydrogen) atoms. The second-order valence-corrected chi connectivity index (χ2v) is 6.19. The lowest BCUT2D eigenvalue weighted by Crippen LogP contribution is -2.15. The van der Waals surface area contributed by atoms with Gasteiger partial charge in [-0.1, -0.05) is 19.8 Å². The fourth-order valence-electron chi connectivity index (χ4n) is 2.39. The van der Waals surface area contributed by atoms with Gasteiger partial charge in [-0.3, -0.25) is 9.78 Å². The molecule has 0 spiro atoms. The molecule has 0 aliphatic carbocycles. The summed E-state index contributed by atoms with van der Waals surface area (Å²) in [6.45, 7) is 8.84. The Balaban J connectivity index is 2.06. The van der Waals surface area contributed by atoms with Crippen LogP contribution in [0.5, 0.6) is 11.5 Å². The molecule has 2 aromatic rings. The highest BCUT2D eigenvalue weighted by Crippen LogP contribution is 2.28. The number of unbranched alkanes of at least 4 members (excludes halogenated alkanes) is 2. The van der Waals surface area contributed by atoms with Crippen LogP contribution in [0, 0.1) is 13.8 Å². The molecule has 0 saturated carbocycles. The number of aromatic nitrogens is 2. The number of aromatic amines is 1. The zero-order valence-corrected chi connectivity index (χ0v) is 16.5. The van der Waals surface area contributed by atoms with Crippen LogP contribution in [-0.2, 0) is 0 Å². The Kier molecular flexibility index (Phi) is 7.85. The molecule has 0 aliphatic rings. The third-order valence-corrected chi connectivity index (χ3v) is 4.05. The molecule has 0 amide bonds. The number of hydrazone groups is 1. The summed E-state index contributed by atoms with van der Waals surface area (Å²) in [5, 5.41) is 4.14. The molecular formula is C20H28N4O3. The molecule has 0 fully saturated rings. The van der Waals surface area contributed by atoms with Crippen molar-refractivity contribution in [3.8, 4) is 11.5 Å². The fourth-order valence-corrected chi connectivity index (χ4v) is 2.39. The highest BCUT2D eigenvalue weighted by molar-refractivity contribution is 5.81. The van der Waals surface area contributed by atoms with Crippen LogP contribution in [0.2, 0.25) is 0 Å². The predicted molar refractivity (Wildman–Crippen MR) is 108 cm³/mol. The quantitative estimate of drug-likeness (QED) is 0.376. The van der Waals surface area contributed by atoms with Crippen molar-refractivity contribution in [2.45, 2.75) is 47.0 Å². The highest BCUT2D eigenvalue weighted by Gasteiger charge is 2.06. The second-order valence-electron chi connectivity index (χ2n) is 6.19. The largest absolute Gasteiger partial charge is 0.490 e. The van der Waals surface area contributed by atoms with Crippen LogP contribution >= 0.6 is 0 Å². The summed E-state index contributed by atoms with van der Waals surface area (Å²) < 4.78 is 11.5. The smallest absolute Gasteiger partial charge is 0.255 e. The van der Waals surface area contributed by atoms with E-state index in [-0.39, 0.29) is 5.56 Å². The number of anilines is 1. The Morgan fingerprint density at radius 1 is 1.19 bits per heavy atom. The van der Waals surface area contributed by atoms with Crippen molar-refractivity contribution in [2.75, 3.05) is 18.6 Å². The molecule has 1 aromatic carbocycles. The molecule has 0 unspecified atom stereocenters. The van der Waals surface area contributed by atoms with Crippen LogP contribution in [0.3, 0.4) is 0 Å². The average molecular weight is 372 g/mol. The second kappa shape index (κ2) is 10.4. The summed E-state index contributed by atoms with van der Waals surface area (Å²) >= 11 is 0. The summed E-state index contributed by atoms with van der Waals surface area (Å²) in [5.74, 6) is 1.73. The minimum atomic E-state index is -0.177. The Bertz CT molecular complexity index is 830. The number of hydrogen-bond donors (Lipinski definition) is 2. The number of H-pyrrole nitrogens is 1. The van der Waals surface area contributed by atoms with E-state index >= 15 is 0 Å². The SMILES string of the molecule is CCCCCOc1ccc(/C=N\Nc2nc(C)c(C)c(=O)[nH]2)cc1OCC. The standard InChI is InChI=1S/C20H28N4O3/c1-5-7-8-11-27-17-10-9-16(12-18(17)26-6-2)13-21-24-20-22-15(4)14(3)19(25)23-20/h9-10,12-13H,5-8,11H2,1-4H3,(H2,22,23,24,25)/b21-13-. The van der Waals surface area contributed by atoms with E-state index in [1.807, 2.05) is 25.1 Å². The molecule has 146 valence electrons. The van der Waals surface area contributed by atoms with E-state index in [1.54, 1.807) is 20.1 Å². The van der Waals surface area contributed by atoms with E-state index in [4.69, 9.17) is 9.47 Å². The number of hydrogen-bond acceptors (Lipinski definition) is 6. The highest BCUT2D eigenvalue weighted by atomic mass is 16.5. The van der Waals surface area contributed by atoms with E-state index in [9.17, 15) is 4.79 Å². The molecule has 7 heteroatoms. The van der Waals surface area contributed by atoms with Crippen molar-refractivity contribution in [1.29, 1.82) is 0 Å². The minimum absolute atomic E-state index is 0.177. The van der Waals surface area contributed by atoms with Crippen molar-refractivity contribution >= 4 is 12.2 Å². The first kappa shape index (κ1) is 20.5. The van der Waals surface area contributed by atoms with Crippen LogP contribution in [0.25, 0.3) is 0 Å². The van der Waals surface area contributed by atoms with Crippen LogP contribution in [-0.4, -0.2) is 29.4 Å². The van der Waals surface area contributed by atoms with Gasteiger partial charge in [0.15, 0.2) is 11.5 Å². The van der Waals surface area contributed by atoms with Crippen LogP contribution in [0.4, 0.5) is 5.95 Å². The topological polar surface area (TPSA) is 88.6 Å². The molecule has 0 radical (unpaired) electrons. The number of ether oxygens (including phenoxy) is 2. The minimum Gasteiger partial charge on any atom is -0.490 e. The van der Waals surface area contributed by atoms with Crippen LogP contribution in [0.1, 0.15) is 49.9 Å². The zero-order chi connectivity index (χ0) is 19.6. The van der Waals surface area contributed by atoms with Gasteiger partial charge >= 0.3 is 0 Å². The Hall–Kier alpha value is -2.83.